The van der Waals surface area contributed by atoms with Crippen LogP contribution < -0.4 is 5.48 Å². The fraction of sp³-hybridized carbons (Fsp3) is 0.357. The number of nitrogens with one attached hydrogen (secondary N) is 1. The summed E-state index contributed by atoms with van der Waals surface area (Å²) in [7, 11) is 0. The molecule has 0 aliphatic heterocycles. The Kier molecular flexibility index (Phi) is 5.93. The maximum Gasteiger partial charge on any atom is 0.250 e. The van der Waals surface area contributed by atoms with Crippen LogP contribution in [0.2, 0.25) is 0 Å². The zero-order valence-corrected chi connectivity index (χ0v) is 13.9. The van der Waals surface area contributed by atoms with Crippen LogP contribution in [0.3, 0.4) is 0 Å². The summed E-state index contributed by atoms with van der Waals surface area (Å²) in [4.78, 5) is 11.7. The summed E-state index contributed by atoms with van der Waals surface area (Å²) < 4.78 is 50.2. The summed E-state index contributed by atoms with van der Waals surface area (Å²) >= 11 is -2.50. The molecule has 0 spiro atoms. The number of hydroxylamine groups is 1. The molecule has 2 aromatic rings. The highest BCUT2D eigenvalue weighted by Crippen LogP contribution is 2.25. The zero-order chi connectivity index (χ0) is 18.6. The monoisotopic (exact) mass is 373 g/mol. The van der Waals surface area contributed by atoms with Crippen LogP contribution in [-0.2, 0) is 22.4 Å². The van der Waals surface area contributed by atoms with Crippen molar-refractivity contribution in [3.05, 3.63) is 36.0 Å². The van der Waals surface area contributed by atoms with E-state index in [4.69, 9.17) is 5.21 Å². The van der Waals surface area contributed by atoms with Crippen LogP contribution in [-0.4, -0.2) is 40.6 Å². The molecule has 0 aliphatic carbocycles. The summed E-state index contributed by atoms with van der Waals surface area (Å²) in [5.41, 5.74) is 0.0801. The Labute approximate surface area is 144 Å². The van der Waals surface area contributed by atoms with Crippen molar-refractivity contribution in [2.24, 2.45) is 5.41 Å². The largest absolute Gasteiger partial charge is 0.772 e. The lowest BCUT2D eigenvalue weighted by Crippen LogP contribution is -2.42. The van der Waals surface area contributed by atoms with Gasteiger partial charge in [0.2, 0.25) is 5.91 Å². The molecule has 0 radical (unpaired) electrons. The maximum absolute atomic E-state index is 13.8. The number of aromatic nitrogens is 3. The number of halogens is 2. The average Bonchev–Trinajstić information content (AvgIpc) is 3.03. The maximum atomic E-state index is 13.8. The van der Waals surface area contributed by atoms with Crippen molar-refractivity contribution in [2.45, 2.75) is 19.9 Å². The molecule has 0 saturated carbocycles. The Morgan fingerprint density at radius 1 is 1.48 bits per heavy atom. The number of nitrogens with zero attached hydrogens (tertiary/aromatic N) is 3. The molecule has 1 aromatic carbocycles. The van der Waals surface area contributed by atoms with E-state index in [1.54, 1.807) is 0 Å². The molecule has 11 heteroatoms. The van der Waals surface area contributed by atoms with Crippen molar-refractivity contribution in [1.29, 1.82) is 0 Å². The fourth-order valence-electron chi connectivity index (χ4n) is 2.24. The van der Waals surface area contributed by atoms with E-state index < -0.39 is 39.8 Å². The van der Waals surface area contributed by atoms with E-state index in [9.17, 15) is 22.3 Å². The van der Waals surface area contributed by atoms with Gasteiger partial charge >= 0.3 is 0 Å². The molecular weight excluding hydrogens is 358 g/mol. The highest BCUT2D eigenvalue weighted by molar-refractivity contribution is 7.79. The molecule has 1 heterocycles. The molecule has 0 bridgehead atoms. The van der Waals surface area contributed by atoms with Gasteiger partial charge < -0.3 is 4.55 Å². The predicted molar refractivity (Wildman–Crippen MR) is 81.8 cm³/mol. The predicted octanol–water partition coefficient (Wildman–Crippen LogP) is 1.00. The number of hydrogen-bond donors (Lipinski definition) is 2. The van der Waals surface area contributed by atoms with Gasteiger partial charge in [-0.05, 0) is 25.5 Å². The van der Waals surface area contributed by atoms with Gasteiger partial charge in [0, 0.05) is 17.9 Å². The molecule has 0 aliphatic rings. The van der Waals surface area contributed by atoms with Gasteiger partial charge in [0.1, 0.15) is 5.69 Å². The summed E-state index contributed by atoms with van der Waals surface area (Å²) in [5, 5.41) is 16.3. The Hall–Kier alpha value is -2.24. The molecule has 1 aromatic heterocycles. The molecule has 8 nitrogen and oxygen atoms in total. The average molecular weight is 373 g/mol. The minimum Gasteiger partial charge on any atom is -0.772 e. The topological polar surface area (TPSA) is 120 Å². The van der Waals surface area contributed by atoms with E-state index >= 15 is 0 Å². The third kappa shape index (κ3) is 4.44. The van der Waals surface area contributed by atoms with Gasteiger partial charge in [-0.1, -0.05) is 22.4 Å². The lowest BCUT2D eigenvalue weighted by molar-refractivity contribution is -0.138. The number of carbonyl (C=O) groups is 1. The molecule has 2 atom stereocenters. The van der Waals surface area contributed by atoms with E-state index in [-0.39, 0.29) is 24.2 Å². The normalized spacial score (nSPS) is 14.8. The van der Waals surface area contributed by atoms with Gasteiger partial charge in [-0.2, -0.15) is 0 Å². The zero-order valence-electron chi connectivity index (χ0n) is 13.1. The SMILES string of the molecule is C[C@](CCn1cc(-c2cccc(F)c2F)nn1)(CS(=O)[O-])C(=O)NO. The highest BCUT2D eigenvalue weighted by atomic mass is 32.2. The Morgan fingerprint density at radius 2 is 2.20 bits per heavy atom. The quantitative estimate of drug-likeness (QED) is 0.424. The van der Waals surface area contributed by atoms with Crippen LogP contribution in [0.25, 0.3) is 11.3 Å². The fourth-order valence-corrected chi connectivity index (χ4v) is 3.04. The van der Waals surface area contributed by atoms with Crippen molar-refractivity contribution >= 4 is 17.0 Å². The molecule has 0 saturated heterocycles. The summed E-state index contributed by atoms with van der Waals surface area (Å²) in [6.45, 7) is 1.45. The van der Waals surface area contributed by atoms with Crippen molar-refractivity contribution in [2.75, 3.05) is 5.75 Å². The van der Waals surface area contributed by atoms with Crippen molar-refractivity contribution in [1.82, 2.24) is 20.5 Å². The minimum atomic E-state index is -2.50. The number of benzene rings is 1. The van der Waals surface area contributed by atoms with Gasteiger partial charge in [0.15, 0.2) is 11.6 Å². The lowest BCUT2D eigenvalue weighted by atomic mass is 9.88. The van der Waals surface area contributed by atoms with Crippen LogP contribution in [0, 0.1) is 17.0 Å². The van der Waals surface area contributed by atoms with Crippen LogP contribution in [0.4, 0.5) is 8.78 Å². The van der Waals surface area contributed by atoms with Gasteiger partial charge in [-0.25, -0.2) is 14.3 Å². The second-order valence-electron chi connectivity index (χ2n) is 5.67. The van der Waals surface area contributed by atoms with Gasteiger partial charge in [-0.3, -0.25) is 18.9 Å². The van der Waals surface area contributed by atoms with Crippen molar-refractivity contribution < 1.29 is 27.5 Å². The Balaban J connectivity index is 2.16. The Morgan fingerprint density at radius 3 is 2.84 bits per heavy atom. The molecule has 0 fully saturated rings. The van der Waals surface area contributed by atoms with Crippen molar-refractivity contribution in [3.63, 3.8) is 0 Å². The first-order valence-electron chi connectivity index (χ1n) is 7.12. The van der Waals surface area contributed by atoms with E-state index in [0.717, 1.165) is 6.07 Å². The summed E-state index contributed by atoms with van der Waals surface area (Å²) in [6.07, 6.45) is 1.37. The molecule has 1 unspecified atom stereocenters. The molecule has 2 rings (SSSR count). The van der Waals surface area contributed by atoms with Crippen LogP contribution in [0.5, 0.6) is 0 Å². The van der Waals surface area contributed by atoms with E-state index in [0.29, 0.717) is 0 Å². The van der Waals surface area contributed by atoms with Gasteiger partial charge in [-0.15, -0.1) is 5.10 Å². The van der Waals surface area contributed by atoms with Gasteiger partial charge in [0.05, 0.1) is 11.6 Å². The third-order valence-corrected chi connectivity index (χ3v) is 4.62. The summed E-state index contributed by atoms with van der Waals surface area (Å²) in [6, 6.07) is 3.65. The molecule has 25 heavy (non-hydrogen) atoms. The number of carbonyl (C=O) groups excluding carboxylic acids is 1. The van der Waals surface area contributed by atoms with Crippen molar-refractivity contribution in [3.8, 4) is 11.3 Å². The first kappa shape index (κ1) is 19.1. The van der Waals surface area contributed by atoms with Crippen LogP contribution in [0.15, 0.2) is 24.4 Å². The van der Waals surface area contributed by atoms with Gasteiger partial charge in [0.25, 0.3) is 0 Å². The first-order valence-corrected chi connectivity index (χ1v) is 8.36. The number of hydrogen-bond acceptors (Lipinski definition) is 6. The number of amides is 1. The van der Waals surface area contributed by atoms with E-state index in [2.05, 4.69) is 10.3 Å². The van der Waals surface area contributed by atoms with E-state index in [1.807, 2.05) is 0 Å². The molecule has 1 amide bonds. The number of rotatable bonds is 7. The second-order valence-corrected chi connectivity index (χ2v) is 6.56. The van der Waals surface area contributed by atoms with Crippen LogP contribution in [0.1, 0.15) is 13.3 Å². The third-order valence-electron chi connectivity index (χ3n) is 3.75. The summed E-state index contributed by atoms with van der Waals surface area (Å²) in [5.74, 6) is -3.43. The second kappa shape index (κ2) is 7.76. The minimum absolute atomic E-state index is 0.0157. The van der Waals surface area contributed by atoms with Crippen LogP contribution >= 0.6 is 0 Å². The standard InChI is InChI=1S/C14H16F2N4O4S/c1-14(8-25(23)24,13(21)18-22)5-6-20-7-11(17-19-20)9-3-2-4-10(15)12(9)16/h2-4,7,22H,5-6,8H2,1H3,(H,18,21)(H,23,24)/p-1/t14-/m0/s1. The first-order chi connectivity index (χ1) is 11.8. The lowest BCUT2D eigenvalue weighted by Gasteiger charge is -2.27. The van der Waals surface area contributed by atoms with E-state index in [1.165, 1.54) is 35.4 Å². The molecular formula is C14H15F2N4O4S-. The number of aryl methyl sites for hydroxylation is 1. The molecule has 136 valence electrons. The smallest absolute Gasteiger partial charge is 0.250 e. The Bertz CT molecular complexity index is 801. The highest BCUT2D eigenvalue weighted by Gasteiger charge is 2.33. The molecule has 2 N–H and O–H groups in total.